The fraction of sp³-hybridized carbons (Fsp3) is 0.294. The number of hydrogen-bond acceptors (Lipinski definition) is 1. The van der Waals surface area contributed by atoms with Gasteiger partial charge in [0, 0.05) is 5.39 Å². The zero-order valence-electron chi connectivity index (χ0n) is 11.7. The van der Waals surface area contributed by atoms with E-state index in [0.29, 0.717) is 11.1 Å². The van der Waals surface area contributed by atoms with Gasteiger partial charge in [-0.15, -0.1) is 6.42 Å². The van der Waals surface area contributed by atoms with Crippen molar-refractivity contribution in [2.45, 2.75) is 26.7 Å². The molecule has 98 valence electrons. The lowest BCUT2D eigenvalue weighted by Crippen LogP contribution is -1.98. The minimum absolute atomic E-state index is 0.242. The molecule has 0 aromatic heterocycles. The van der Waals surface area contributed by atoms with Crippen molar-refractivity contribution in [1.82, 2.24) is 0 Å². The molecule has 19 heavy (non-hydrogen) atoms. The Balaban J connectivity index is 2.99. The van der Waals surface area contributed by atoms with E-state index in [1.807, 2.05) is 18.2 Å². The molecule has 0 heterocycles. The van der Waals surface area contributed by atoms with Gasteiger partial charge in [0.25, 0.3) is 0 Å². The number of methoxy groups -OCH3 is 1. The number of aryl methyl sites for hydroxylation is 1. The predicted molar refractivity (Wildman–Crippen MR) is 77.2 cm³/mol. The fourth-order valence-corrected chi connectivity index (χ4v) is 2.37. The second kappa shape index (κ2) is 4.93. The molecule has 0 saturated heterocycles. The molecular weight excluding hydrogens is 239 g/mol. The smallest absolute Gasteiger partial charge is 0.142 e. The molecule has 0 amide bonds. The maximum Gasteiger partial charge on any atom is 0.142 e. The van der Waals surface area contributed by atoms with Gasteiger partial charge < -0.3 is 4.74 Å². The number of hydrogen-bond donors (Lipinski definition) is 0. The number of halogens is 1. The van der Waals surface area contributed by atoms with Gasteiger partial charge in [0.2, 0.25) is 0 Å². The first-order valence-electron chi connectivity index (χ1n) is 6.27. The molecule has 2 aromatic carbocycles. The van der Waals surface area contributed by atoms with Crippen molar-refractivity contribution in [3.05, 3.63) is 40.7 Å². The van der Waals surface area contributed by atoms with Crippen LogP contribution >= 0.6 is 0 Å². The molecule has 0 aliphatic carbocycles. The Morgan fingerprint density at radius 2 is 1.95 bits per heavy atom. The standard InChI is InChI=1S/C17H17FO/c1-6-14-16-12(7-11(4)17(14)18)8-13(19-5)9-15(16)10(2)3/h1,7-10H,2-5H3. The van der Waals surface area contributed by atoms with Gasteiger partial charge in [-0.25, -0.2) is 4.39 Å². The fourth-order valence-electron chi connectivity index (χ4n) is 2.37. The van der Waals surface area contributed by atoms with Crippen LogP contribution in [-0.2, 0) is 0 Å². The van der Waals surface area contributed by atoms with E-state index in [2.05, 4.69) is 19.8 Å². The van der Waals surface area contributed by atoms with Crippen LogP contribution in [0.1, 0.15) is 36.5 Å². The highest BCUT2D eigenvalue weighted by Crippen LogP contribution is 2.34. The lowest BCUT2D eigenvalue weighted by atomic mass is 9.91. The third kappa shape index (κ3) is 2.17. The maximum atomic E-state index is 14.2. The largest absolute Gasteiger partial charge is 0.497 e. The van der Waals surface area contributed by atoms with Crippen molar-refractivity contribution in [1.29, 1.82) is 0 Å². The molecule has 2 rings (SSSR count). The Morgan fingerprint density at radius 1 is 1.26 bits per heavy atom. The summed E-state index contributed by atoms with van der Waals surface area (Å²) in [6, 6.07) is 5.65. The van der Waals surface area contributed by atoms with E-state index >= 15 is 0 Å². The van der Waals surface area contributed by atoms with Crippen LogP contribution < -0.4 is 4.74 Å². The third-order valence-electron chi connectivity index (χ3n) is 3.36. The molecule has 2 aromatic rings. The molecule has 1 nitrogen and oxygen atoms in total. The normalized spacial score (nSPS) is 10.8. The number of ether oxygens (including phenoxy) is 1. The van der Waals surface area contributed by atoms with E-state index in [4.69, 9.17) is 11.2 Å². The summed E-state index contributed by atoms with van der Waals surface area (Å²) in [4.78, 5) is 0. The lowest BCUT2D eigenvalue weighted by Gasteiger charge is -2.15. The zero-order valence-corrected chi connectivity index (χ0v) is 11.7. The summed E-state index contributed by atoms with van der Waals surface area (Å²) in [5, 5.41) is 1.75. The van der Waals surface area contributed by atoms with Gasteiger partial charge in [-0.3, -0.25) is 0 Å². The second-order valence-corrected chi connectivity index (χ2v) is 5.00. The Bertz CT molecular complexity index is 678. The Morgan fingerprint density at radius 3 is 2.47 bits per heavy atom. The summed E-state index contributed by atoms with van der Waals surface area (Å²) in [7, 11) is 1.63. The summed E-state index contributed by atoms with van der Waals surface area (Å²) in [6.07, 6.45) is 5.50. The molecule has 0 bridgehead atoms. The third-order valence-corrected chi connectivity index (χ3v) is 3.36. The first-order valence-corrected chi connectivity index (χ1v) is 6.27. The second-order valence-electron chi connectivity index (χ2n) is 5.00. The molecule has 0 atom stereocenters. The maximum absolute atomic E-state index is 14.2. The number of terminal acetylenes is 1. The Labute approximate surface area is 113 Å². The quantitative estimate of drug-likeness (QED) is 0.724. The molecule has 0 unspecified atom stereocenters. The SMILES string of the molecule is C#Cc1c(F)c(C)cc2cc(OC)cc(C(C)C)c12. The minimum atomic E-state index is -0.304. The van der Waals surface area contributed by atoms with Gasteiger partial charge in [-0.1, -0.05) is 19.8 Å². The van der Waals surface area contributed by atoms with Crippen LogP contribution in [0.4, 0.5) is 4.39 Å². The van der Waals surface area contributed by atoms with E-state index in [1.165, 1.54) is 0 Å². The van der Waals surface area contributed by atoms with Gasteiger partial charge in [-0.05, 0) is 47.6 Å². The predicted octanol–water partition coefficient (Wildman–Crippen LogP) is 4.40. The van der Waals surface area contributed by atoms with Crippen LogP contribution in [-0.4, -0.2) is 7.11 Å². The van der Waals surface area contributed by atoms with Gasteiger partial charge in [-0.2, -0.15) is 0 Å². The van der Waals surface area contributed by atoms with Gasteiger partial charge in [0.1, 0.15) is 11.6 Å². The summed E-state index contributed by atoms with van der Waals surface area (Å²) < 4.78 is 19.5. The van der Waals surface area contributed by atoms with E-state index in [0.717, 1.165) is 22.1 Å². The van der Waals surface area contributed by atoms with Crippen molar-refractivity contribution < 1.29 is 9.13 Å². The van der Waals surface area contributed by atoms with Crippen LogP contribution in [0, 0.1) is 25.1 Å². The summed E-state index contributed by atoms with van der Waals surface area (Å²) >= 11 is 0. The summed E-state index contributed by atoms with van der Waals surface area (Å²) in [5.74, 6) is 3.20. The van der Waals surface area contributed by atoms with E-state index in [9.17, 15) is 4.39 Å². The van der Waals surface area contributed by atoms with Crippen LogP contribution in [0.2, 0.25) is 0 Å². The highest BCUT2D eigenvalue weighted by Gasteiger charge is 2.16. The molecule has 0 N–H and O–H groups in total. The van der Waals surface area contributed by atoms with Crippen LogP contribution in [0.5, 0.6) is 5.75 Å². The molecule has 0 aliphatic heterocycles. The summed E-state index contributed by atoms with van der Waals surface area (Å²) in [6.45, 7) is 5.85. The van der Waals surface area contributed by atoms with Crippen molar-refractivity contribution >= 4 is 10.8 Å². The van der Waals surface area contributed by atoms with Crippen molar-refractivity contribution in [2.75, 3.05) is 7.11 Å². The summed E-state index contributed by atoms with van der Waals surface area (Å²) in [5.41, 5.74) is 1.92. The molecule has 0 saturated carbocycles. The van der Waals surface area contributed by atoms with Crippen LogP contribution in [0.3, 0.4) is 0 Å². The Hall–Kier alpha value is -2.01. The molecular formula is C17H17FO. The van der Waals surface area contributed by atoms with Crippen molar-refractivity contribution in [3.63, 3.8) is 0 Å². The van der Waals surface area contributed by atoms with Crippen LogP contribution in [0.25, 0.3) is 10.8 Å². The monoisotopic (exact) mass is 256 g/mol. The van der Waals surface area contributed by atoms with Crippen molar-refractivity contribution in [3.8, 4) is 18.1 Å². The van der Waals surface area contributed by atoms with E-state index < -0.39 is 0 Å². The molecule has 0 aliphatic rings. The first-order chi connectivity index (χ1) is 8.99. The number of benzene rings is 2. The number of fused-ring (bicyclic) bond motifs is 1. The molecule has 2 heteroatoms. The van der Waals surface area contributed by atoms with Crippen molar-refractivity contribution in [2.24, 2.45) is 0 Å². The topological polar surface area (TPSA) is 9.23 Å². The lowest BCUT2D eigenvalue weighted by molar-refractivity contribution is 0.414. The van der Waals surface area contributed by atoms with E-state index in [-0.39, 0.29) is 11.7 Å². The average Bonchev–Trinajstić information content (AvgIpc) is 2.39. The van der Waals surface area contributed by atoms with E-state index in [1.54, 1.807) is 14.0 Å². The zero-order chi connectivity index (χ0) is 14.2. The Kier molecular flexibility index (Phi) is 3.48. The minimum Gasteiger partial charge on any atom is -0.497 e. The molecule has 0 radical (unpaired) electrons. The number of rotatable bonds is 2. The molecule has 0 spiro atoms. The van der Waals surface area contributed by atoms with Crippen LogP contribution in [0.15, 0.2) is 18.2 Å². The van der Waals surface area contributed by atoms with Gasteiger partial charge in [0.05, 0.1) is 12.7 Å². The van der Waals surface area contributed by atoms with Gasteiger partial charge in [0.15, 0.2) is 0 Å². The average molecular weight is 256 g/mol. The first kappa shape index (κ1) is 13.4. The molecule has 0 fully saturated rings. The highest BCUT2D eigenvalue weighted by atomic mass is 19.1. The highest BCUT2D eigenvalue weighted by molar-refractivity contribution is 5.93. The van der Waals surface area contributed by atoms with Gasteiger partial charge >= 0.3 is 0 Å².